The molecule has 0 aliphatic rings. The second-order valence-corrected chi connectivity index (χ2v) is 7.44. The van der Waals surface area contributed by atoms with Crippen LogP contribution in [0.4, 0.5) is 17.1 Å². The lowest BCUT2D eigenvalue weighted by molar-refractivity contribution is 0.527. The molecule has 0 aliphatic heterocycles. The van der Waals surface area contributed by atoms with Crippen molar-refractivity contribution in [3.63, 3.8) is 0 Å². The summed E-state index contributed by atoms with van der Waals surface area (Å²) in [6.07, 6.45) is 0.949. The van der Waals surface area contributed by atoms with E-state index in [1.807, 2.05) is 12.1 Å². The summed E-state index contributed by atoms with van der Waals surface area (Å²) in [4.78, 5) is 0. The molecular weight excluding hydrogens is 310 g/mol. The van der Waals surface area contributed by atoms with E-state index in [4.69, 9.17) is 0 Å². The van der Waals surface area contributed by atoms with Crippen LogP contribution in [-0.2, 0) is 16.6 Å². The van der Waals surface area contributed by atoms with Crippen molar-refractivity contribution in [2.75, 3.05) is 24.1 Å². The maximum absolute atomic E-state index is 11.8. The number of hydrogen-bond acceptors (Lipinski definition) is 3. The van der Waals surface area contributed by atoms with Gasteiger partial charge < -0.3 is 5.32 Å². The minimum atomic E-state index is -3.48. The van der Waals surface area contributed by atoms with Crippen molar-refractivity contribution in [2.24, 2.45) is 0 Å². The predicted octanol–water partition coefficient (Wildman–Crippen LogP) is 3.52. The van der Waals surface area contributed by atoms with Crippen LogP contribution < -0.4 is 10.0 Å². The number of hydrogen-bond donors (Lipinski definition) is 2. The first kappa shape index (κ1) is 17.3. The minimum Gasteiger partial charge on any atom is -0.355 e. The van der Waals surface area contributed by atoms with Gasteiger partial charge >= 0.3 is 10.2 Å². The highest BCUT2D eigenvalue weighted by Crippen LogP contribution is 2.26. The SMILES string of the molecule is CCc1cccc(C)c1Nc1ccc(NS(=O)(=O)N(C)C)cc1. The average Bonchev–Trinajstić information content (AvgIpc) is 2.50. The van der Waals surface area contributed by atoms with Crippen molar-refractivity contribution in [2.45, 2.75) is 20.3 Å². The van der Waals surface area contributed by atoms with Gasteiger partial charge in [0.15, 0.2) is 0 Å². The molecule has 124 valence electrons. The Bertz CT molecular complexity index is 769. The summed E-state index contributed by atoms with van der Waals surface area (Å²) in [6, 6.07) is 13.4. The third-order valence-electron chi connectivity index (χ3n) is 3.62. The number of nitrogens with one attached hydrogen (secondary N) is 2. The molecule has 2 aromatic rings. The van der Waals surface area contributed by atoms with Gasteiger partial charge in [-0.1, -0.05) is 25.1 Å². The van der Waals surface area contributed by atoms with Crippen LogP contribution in [0.1, 0.15) is 18.1 Å². The molecule has 0 amide bonds. The Balaban J connectivity index is 2.18. The van der Waals surface area contributed by atoms with E-state index in [1.54, 1.807) is 12.1 Å². The van der Waals surface area contributed by atoms with Crippen LogP contribution in [0.2, 0.25) is 0 Å². The lowest BCUT2D eigenvalue weighted by Gasteiger charge is -2.16. The van der Waals surface area contributed by atoms with Gasteiger partial charge in [-0.2, -0.15) is 12.7 Å². The van der Waals surface area contributed by atoms with E-state index in [9.17, 15) is 8.42 Å². The zero-order valence-corrected chi connectivity index (χ0v) is 14.7. The van der Waals surface area contributed by atoms with Crippen molar-refractivity contribution < 1.29 is 8.42 Å². The molecule has 0 heterocycles. The van der Waals surface area contributed by atoms with E-state index in [1.165, 1.54) is 25.2 Å². The molecule has 0 aliphatic carbocycles. The molecule has 6 heteroatoms. The molecule has 0 saturated heterocycles. The van der Waals surface area contributed by atoms with E-state index in [0.29, 0.717) is 5.69 Å². The molecule has 0 bridgehead atoms. The maximum Gasteiger partial charge on any atom is 0.301 e. The highest BCUT2D eigenvalue weighted by molar-refractivity contribution is 7.90. The molecule has 0 radical (unpaired) electrons. The summed E-state index contributed by atoms with van der Waals surface area (Å²) in [7, 11) is -0.500. The summed E-state index contributed by atoms with van der Waals surface area (Å²) in [6.45, 7) is 4.19. The Morgan fingerprint density at radius 1 is 1.00 bits per heavy atom. The molecule has 2 aromatic carbocycles. The zero-order valence-electron chi connectivity index (χ0n) is 13.9. The fraction of sp³-hybridized carbons (Fsp3) is 0.294. The van der Waals surface area contributed by atoms with Crippen LogP contribution in [0.3, 0.4) is 0 Å². The van der Waals surface area contributed by atoms with Gasteiger partial charge in [0, 0.05) is 31.2 Å². The smallest absolute Gasteiger partial charge is 0.301 e. The summed E-state index contributed by atoms with van der Waals surface area (Å²) in [5, 5.41) is 3.42. The van der Waals surface area contributed by atoms with E-state index in [0.717, 1.165) is 22.1 Å². The molecule has 0 saturated carbocycles. The zero-order chi connectivity index (χ0) is 17.0. The quantitative estimate of drug-likeness (QED) is 0.850. The van der Waals surface area contributed by atoms with Crippen molar-refractivity contribution in [3.05, 3.63) is 53.6 Å². The lowest BCUT2D eigenvalue weighted by atomic mass is 10.1. The Kier molecular flexibility index (Phi) is 5.28. The molecule has 0 unspecified atom stereocenters. The van der Waals surface area contributed by atoms with Crippen LogP contribution in [0, 0.1) is 6.92 Å². The molecule has 0 spiro atoms. The summed E-state index contributed by atoms with van der Waals surface area (Å²) < 4.78 is 27.3. The highest BCUT2D eigenvalue weighted by Gasteiger charge is 2.12. The second-order valence-electron chi connectivity index (χ2n) is 5.55. The first-order chi connectivity index (χ1) is 10.8. The Hall–Kier alpha value is -2.05. The largest absolute Gasteiger partial charge is 0.355 e. The van der Waals surface area contributed by atoms with Crippen LogP contribution >= 0.6 is 0 Å². The Morgan fingerprint density at radius 2 is 1.61 bits per heavy atom. The van der Waals surface area contributed by atoms with E-state index < -0.39 is 10.2 Å². The van der Waals surface area contributed by atoms with Gasteiger partial charge in [-0.05, 0) is 48.7 Å². The third-order valence-corrected chi connectivity index (χ3v) is 5.08. The topological polar surface area (TPSA) is 61.4 Å². The normalized spacial score (nSPS) is 11.5. The van der Waals surface area contributed by atoms with Crippen molar-refractivity contribution in [3.8, 4) is 0 Å². The Morgan fingerprint density at radius 3 is 2.17 bits per heavy atom. The third kappa shape index (κ3) is 4.24. The molecule has 23 heavy (non-hydrogen) atoms. The molecule has 0 fully saturated rings. The molecule has 0 aromatic heterocycles. The van der Waals surface area contributed by atoms with Gasteiger partial charge in [0.2, 0.25) is 0 Å². The van der Waals surface area contributed by atoms with Crippen molar-refractivity contribution in [1.29, 1.82) is 0 Å². The average molecular weight is 333 g/mol. The summed E-state index contributed by atoms with van der Waals surface area (Å²) in [5.41, 5.74) is 4.99. The summed E-state index contributed by atoms with van der Waals surface area (Å²) in [5.74, 6) is 0. The second kappa shape index (κ2) is 7.02. The highest BCUT2D eigenvalue weighted by atomic mass is 32.2. The number of para-hydroxylation sites is 1. The maximum atomic E-state index is 11.8. The Labute approximate surface area is 138 Å². The molecule has 2 rings (SSSR count). The molecule has 2 N–H and O–H groups in total. The van der Waals surface area contributed by atoms with Gasteiger partial charge in [-0.3, -0.25) is 4.72 Å². The molecule has 5 nitrogen and oxygen atoms in total. The minimum absolute atomic E-state index is 0.532. The van der Waals surface area contributed by atoms with Crippen molar-refractivity contribution in [1.82, 2.24) is 4.31 Å². The van der Waals surface area contributed by atoms with Gasteiger partial charge in [-0.15, -0.1) is 0 Å². The first-order valence-corrected chi connectivity index (χ1v) is 8.93. The van der Waals surface area contributed by atoms with Crippen LogP contribution in [-0.4, -0.2) is 26.8 Å². The van der Waals surface area contributed by atoms with E-state index in [-0.39, 0.29) is 0 Å². The van der Waals surface area contributed by atoms with Crippen LogP contribution in [0.15, 0.2) is 42.5 Å². The van der Waals surface area contributed by atoms with Gasteiger partial charge in [0.1, 0.15) is 0 Å². The van der Waals surface area contributed by atoms with Gasteiger partial charge in [-0.25, -0.2) is 0 Å². The van der Waals surface area contributed by atoms with E-state index >= 15 is 0 Å². The number of rotatable bonds is 6. The predicted molar refractivity (Wildman–Crippen MR) is 96.5 cm³/mol. The summed E-state index contributed by atoms with van der Waals surface area (Å²) >= 11 is 0. The number of nitrogens with zero attached hydrogens (tertiary/aromatic N) is 1. The standard InChI is InChI=1S/C17H23N3O2S/c1-5-14-8-6-7-13(2)17(14)18-15-9-11-16(12-10-15)19-23(21,22)20(3)4/h6-12,18-19H,5H2,1-4H3. The van der Waals surface area contributed by atoms with Gasteiger partial charge in [0.25, 0.3) is 0 Å². The lowest BCUT2D eigenvalue weighted by Crippen LogP contribution is -2.28. The monoisotopic (exact) mass is 333 g/mol. The molecular formula is C17H23N3O2S. The number of benzene rings is 2. The molecule has 0 atom stereocenters. The van der Waals surface area contributed by atoms with Gasteiger partial charge in [0.05, 0.1) is 0 Å². The number of aryl methyl sites for hydroxylation is 2. The van der Waals surface area contributed by atoms with Crippen molar-refractivity contribution >= 4 is 27.3 Å². The fourth-order valence-electron chi connectivity index (χ4n) is 2.21. The first-order valence-electron chi connectivity index (χ1n) is 7.49. The van der Waals surface area contributed by atoms with Crippen LogP contribution in [0.25, 0.3) is 0 Å². The van der Waals surface area contributed by atoms with E-state index in [2.05, 4.69) is 42.1 Å². The number of anilines is 3. The van der Waals surface area contributed by atoms with Crippen LogP contribution in [0.5, 0.6) is 0 Å². The fourth-order valence-corrected chi connectivity index (χ4v) is 2.82.